The molecule has 2 spiro atoms. The Labute approximate surface area is 346 Å². The molecule has 5 fully saturated rings. The van der Waals surface area contributed by atoms with Crippen LogP contribution in [-0.2, 0) is 10.8 Å². The lowest BCUT2D eigenvalue weighted by atomic mass is 9.43. The Morgan fingerprint density at radius 2 is 1.02 bits per heavy atom. The highest BCUT2D eigenvalue weighted by molar-refractivity contribution is 5.87. The first-order valence-electron chi connectivity index (χ1n) is 22.0. The zero-order valence-electron chi connectivity index (χ0n) is 33.2. The van der Waals surface area contributed by atoms with Gasteiger partial charge < -0.3 is 0 Å². The maximum absolute atomic E-state index is 9.95. The van der Waals surface area contributed by atoms with Crippen LogP contribution in [0.15, 0.2) is 133 Å². The second-order valence-corrected chi connectivity index (χ2v) is 18.7. The van der Waals surface area contributed by atoms with Crippen molar-refractivity contribution in [2.24, 2.45) is 23.7 Å². The summed E-state index contributed by atoms with van der Waals surface area (Å²) < 4.78 is 0. The number of nitrogens with zero attached hydrogens (tertiary/aromatic N) is 4. The van der Waals surface area contributed by atoms with Crippen LogP contribution in [0.1, 0.15) is 85.6 Å². The smallest absolute Gasteiger partial charge is 0.164 e. The van der Waals surface area contributed by atoms with Gasteiger partial charge in [0.05, 0.1) is 11.6 Å². The Bertz CT molecular complexity index is 2900. The van der Waals surface area contributed by atoms with E-state index in [9.17, 15) is 5.26 Å². The predicted molar refractivity (Wildman–Crippen MR) is 234 cm³/mol. The standard InChI is InChI=1S/C55H44N4/c56-32-33-15-20-48-46(28-33)45-18-16-38(30-50(45)55(48)41-24-34-23-35(26-41)27-42(55)25-34)37-11-8-12-39(29-37)52-57-51(36-9-2-1-3-10-36)58-53(59-52)40-17-19-44-43-13-4-5-14-47(43)54(49(44)31-40)21-6-7-22-54/h1-5,8-20,28-31,34-35,41-42H,6-7,21-27H2. The quantitative estimate of drug-likeness (QED) is 0.179. The summed E-state index contributed by atoms with van der Waals surface area (Å²) >= 11 is 0. The van der Waals surface area contributed by atoms with E-state index in [1.807, 2.05) is 6.07 Å². The third-order valence-corrected chi connectivity index (χ3v) is 15.9. The van der Waals surface area contributed by atoms with Crippen molar-refractivity contribution in [1.29, 1.82) is 5.26 Å². The summed E-state index contributed by atoms with van der Waals surface area (Å²) in [7, 11) is 0. The van der Waals surface area contributed by atoms with Crippen molar-refractivity contribution in [1.82, 2.24) is 15.0 Å². The van der Waals surface area contributed by atoms with Crippen molar-refractivity contribution in [3.05, 3.63) is 161 Å². The van der Waals surface area contributed by atoms with Crippen LogP contribution < -0.4 is 0 Å². The van der Waals surface area contributed by atoms with Crippen LogP contribution in [0.5, 0.6) is 0 Å². The number of fused-ring (bicyclic) bond motifs is 8. The SMILES string of the molecule is N#Cc1ccc2c(c1)-c1ccc(-c3cccc(-c4nc(-c5ccccc5)nc(-c5ccc6c(c5)C5(CCCC5)c5ccccc5-6)n4)c3)cc1C21C2CC3CC(C2)CC1C3. The molecule has 284 valence electrons. The van der Waals surface area contributed by atoms with E-state index in [2.05, 4.69) is 133 Å². The lowest BCUT2D eigenvalue weighted by molar-refractivity contribution is -0.0399. The summed E-state index contributed by atoms with van der Waals surface area (Å²) in [5.41, 5.74) is 17.5. The Kier molecular flexibility index (Phi) is 7.10. The van der Waals surface area contributed by atoms with Crippen LogP contribution in [-0.4, -0.2) is 15.0 Å². The average Bonchev–Trinajstić information content (AvgIpc) is 3.98. The minimum Gasteiger partial charge on any atom is -0.208 e. The van der Waals surface area contributed by atoms with Gasteiger partial charge in [-0.25, -0.2) is 15.0 Å². The molecular weight excluding hydrogens is 717 g/mol. The van der Waals surface area contributed by atoms with Crippen molar-refractivity contribution in [2.75, 3.05) is 0 Å². The molecule has 0 amide bonds. The van der Waals surface area contributed by atoms with Gasteiger partial charge in [0.2, 0.25) is 0 Å². The largest absolute Gasteiger partial charge is 0.208 e. The van der Waals surface area contributed by atoms with Gasteiger partial charge in [-0.05, 0) is 155 Å². The molecule has 0 N–H and O–H groups in total. The molecule has 4 nitrogen and oxygen atoms in total. The topological polar surface area (TPSA) is 62.5 Å². The maximum atomic E-state index is 9.95. The molecule has 4 bridgehead atoms. The van der Waals surface area contributed by atoms with E-state index in [4.69, 9.17) is 15.0 Å². The fraction of sp³-hybridized carbons (Fsp3) is 0.273. The number of hydrogen-bond donors (Lipinski definition) is 0. The number of hydrogen-bond acceptors (Lipinski definition) is 4. The Morgan fingerprint density at radius 3 is 1.76 bits per heavy atom. The van der Waals surface area contributed by atoms with Crippen LogP contribution in [0, 0.1) is 35.0 Å². The van der Waals surface area contributed by atoms with Gasteiger partial charge in [-0.3, -0.25) is 0 Å². The molecular formula is C55H44N4. The first kappa shape index (κ1) is 33.8. The normalized spacial score (nSPS) is 24.5. The highest BCUT2D eigenvalue weighted by Gasteiger charge is 2.61. The highest BCUT2D eigenvalue weighted by Crippen LogP contribution is 2.69. The van der Waals surface area contributed by atoms with Crippen LogP contribution in [0.2, 0.25) is 0 Å². The van der Waals surface area contributed by atoms with Crippen LogP contribution in [0.3, 0.4) is 0 Å². The fourth-order valence-corrected chi connectivity index (χ4v) is 13.8. The molecule has 7 aromatic rings. The Morgan fingerprint density at radius 1 is 0.441 bits per heavy atom. The molecule has 1 heterocycles. The third-order valence-electron chi connectivity index (χ3n) is 15.9. The highest BCUT2D eigenvalue weighted by atomic mass is 15.0. The molecule has 0 radical (unpaired) electrons. The first-order valence-corrected chi connectivity index (χ1v) is 22.0. The minimum absolute atomic E-state index is 0.0295. The molecule has 1 aromatic heterocycles. The zero-order chi connectivity index (χ0) is 38.9. The maximum Gasteiger partial charge on any atom is 0.164 e. The van der Waals surface area contributed by atoms with Crippen molar-refractivity contribution in [3.8, 4) is 73.6 Å². The minimum atomic E-state index is 0.0295. The van der Waals surface area contributed by atoms with E-state index in [1.54, 1.807) is 0 Å². The second kappa shape index (κ2) is 12.4. The van der Waals surface area contributed by atoms with Crippen molar-refractivity contribution < 1.29 is 0 Å². The molecule has 0 unspecified atom stereocenters. The van der Waals surface area contributed by atoms with Gasteiger partial charge in [-0.1, -0.05) is 116 Å². The molecule has 0 saturated heterocycles. The molecule has 6 aromatic carbocycles. The van der Waals surface area contributed by atoms with E-state index in [1.165, 1.54) is 113 Å². The predicted octanol–water partition coefficient (Wildman–Crippen LogP) is 13.0. The van der Waals surface area contributed by atoms with E-state index in [0.29, 0.717) is 29.3 Å². The zero-order valence-corrected chi connectivity index (χ0v) is 33.2. The van der Waals surface area contributed by atoms with E-state index in [-0.39, 0.29) is 10.8 Å². The molecule has 0 atom stereocenters. The van der Waals surface area contributed by atoms with Gasteiger partial charge in [-0.15, -0.1) is 0 Å². The molecule has 4 heteroatoms. The van der Waals surface area contributed by atoms with E-state index >= 15 is 0 Å². The second-order valence-electron chi connectivity index (χ2n) is 18.7. The van der Waals surface area contributed by atoms with E-state index in [0.717, 1.165) is 34.1 Å². The number of nitriles is 1. The van der Waals surface area contributed by atoms with Gasteiger partial charge in [0.15, 0.2) is 17.5 Å². The van der Waals surface area contributed by atoms with Gasteiger partial charge in [-0.2, -0.15) is 5.26 Å². The lowest BCUT2D eigenvalue weighted by Gasteiger charge is -2.61. The lowest BCUT2D eigenvalue weighted by Crippen LogP contribution is -2.55. The summed E-state index contributed by atoms with van der Waals surface area (Å²) in [4.78, 5) is 15.7. The summed E-state index contributed by atoms with van der Waals surface area (Å²) in [5.74, 6) is 5.14. The van der Waals surface area contributed by atoms with Crippen molar-refractivity contribution in [2.45, 2.75) is 68.6 Å². The Hall–Kier alpha value is -6.18. The van der Waals surface area contributed by atoms with Crippen LogP contribution in [0.25, 0.3) is 67.5 Å². The summed E-state index contributed by atoms with van der Waals surface area (Å²) in [6, 6.07) is 51.3. The van der Waals surface area contributed by atoms with Crippen molar-refractivity contribution >= 4 is 0 Å². The first-order chi connectivity index (χ1) is 29.1. The third kappa shape index (κ3) is 4.73. The fourth-order valence-electron chi connectivity index (χ4n) is 13.8. The molecule has 14 rings (SSSR count). The van der Waals surface area contributed by atoms with Crippen LogP contribution in [0.4, 0.5) is 0 Å². The van der Waals surface area contributed by atoms with Crippen LogP contribution >= 0.6 is 0 Å². The molecule has 7 aliphatic rings. The summed E-state index contributed by atoms with van der Waals surface area (Å²) in [5, 5.41) is 9.95. The average molecular weight is 761 g/mol. The number of benzene rings is 6. The number of aromatic nitrogens is 3. The summed E-state index contributed by atoms with van der Waals surface area (Å²) in [6.07, 6.45) is 11.6. The number of rotatable bonds is 4. The monoisotopic (exact) mass is 760 g/mol. The van der Waals surface area contributed by atoms with Gasteiger partial charge >= 0.3 is 0 Å². The Balaban J connectivity index is 0.937. The van der Waals surface area contributed by atoms with Gasteiger partial charge in [0.25, 0.3) is 0 Å². The van der Waals surface area contributed by atoms with Crippen molar-refractivity contribution in [3.63, 3.8) is 0 Å². The van der Waals surface area contributed by atoms with Gasteiger partial charge in [0.1, 0.15) is 0 Å². The molecule has 0 aliphatic heterocycles. The molecule has 5 saturated carbocycles. The summed E-state index contributed by atoms with van der Waals surface area (Å²) in [6.45, 7) is 0. The van der Waals surface area contributed by atoms with E-state index < -0.39 is 0 Å². The molecule has 59 heavy (non-hydrogen) atoms. The molecule has 7 aliphatic carbocycles. The van der Waals surface area contributed by atoms with Gasteiger partial charge in [0, 0.05) is 27.5 Å².